The highest BCUT2D eigenvalue weighted by atomic mass is 16.1. The molecule has 2 rings (SSSR count). The SMILES string of the molecule is N#C[C@@H](C(=O)C1=CCCCC1)c1ccccn1. The van der Waals surface area contributed by atoms with E-state index in [1.54, 1.807) is 24.4 Å². The van der Waals surface area contributed by atoms with Crippen LogP contribution in [0.5, 0.6) is 0 Å². The van der Waals surface area contributed by atoms with E-state index in [2.05, 4.69) is 11.1 Å². The first-order chi connectivity index (χ1) is 8.33. The molecular formula is C14H14N2O. The summed E-state index contributed by atoms with van der Waals surface area (Å²) in [6, 6.07) is 7.37. The molecule has 0 aromatic carbocycles. The Morgan fingerprint density at radius 3 is 2.88 bits per heavy atom. The lowest BCUT2D eigenvalue weighted by Crippen LogP contribution is -2.16. The average Bonchev–Trinajstić information content (AvgIpc) is 2.42. The second-order valence-electron chi connectivity index (χ2n) is 4.16. The van der Waals surface area contributed by atoms with E-state index in [4.69, 9.17) is 5.26 Å². The first kappa shape index (κ1) is 11.5. The molecule has 17 heavy (non-hydrogen) atoms. The van der Waals surface area contributed by atoms with Crippen LogP contribution in [-0.4, -0.2) is 10.8 Å². The van der Waals surface area contributed by atoms with Crippen molar-refractivity contribution in [1.29, 1.82) is 5.26 Å². The quantitative estimate of drug-likeness (QED) is 0.796. The molecule has 1 heterocycles. The van der Waals surface area contributed by atoms with Crippen molar-refractivity contribution in [3.8, 4) is 6.07 Å². The number of allylic oxidation sites excluding steroid dienone is 2. The molecule has 0 saturated carbocycles. The Morgan fingerprint density at radius 1 is 1.41 bits per heavy atom. The first-order valence-electron chi connectivity index (χ1n) is 5.86. The van der Waals surface area contributed by atoms with Crippen molar-refractivity contribution in [3.63, 3.8) is 0 Å². The van der Waals surface area contributed by atoms with E-state index in [0.717, 1.165) is 31.3 Å². The minimum absolute atomic E-state index is 0.0779. The molecule has 1 atom stereocenters. The first-order valence-corrected chi connectivity index (χ1v) is 5.86. The molecule has 0 aliphatic heterocycles. The molecule has 1 aromatic heterocycles. The van der Waals surface area contributed by atoms with E-state index in [-0.39, 0.29) is 5.78 Å². The smallest absolute Gasteiger partial charge is 0.181 e. The number of carbonyl (C=O) groups is 1. The predicted octanol–water partition coefficient (Wildman–Crippen LogP) is 2.76. The normalized spacial score (nSPS) is 16.8. The number of carbonyl (C=O) groups excluding carboxylic acids is 1. The number of hydrogen-bond donors (Lipinski definition) is 0. The van der Waals surface area contributed by atoms with Gasteiger partial charge in [0, 0.05) is 6.20 Å². The van der Waals surface area contributed by atoms with Gasteiger partial charge in [-0.25, -0.2) is 0 Å². The Bertz CT molecular complexity index is 471. The molecule has 86 valence electrons. The average molecular weight is 226 g/mol. The van der Waals surface area contributed by atoms with E-state index >= 15 is 0 Å². The van der Waals surface area contributed by atoms with Gasteiger partial charge in [-0.2, -0.15) is 5.26 Å². The summed E-state index contributed by atoms with van der Waals surface area (Å²) in [4.78, 5) is 16.3. The minimum Gasteiger partial charge on any atom is -0.293 e. The van der Waals surface area contributed by atoms with Crippen LogP contribution < -0.4 is 0 Å². The zero-order valence-electron chi connectivity index (χ0n) is 9.60. The van der Waals surface area contributed by atoms with Gasteiger partial charge in [0.05, 0.1) is 11.8 Å². The lowest BCUT2D eigenvalue weighted by molar-refractivity contribution is -0.116. The Hall–Kier alpha value is -1.95. The predicted molar refractivity (Wildman–Crippen MR) is 64.1 cm³/mol. The fourth-order valence-electron chi connectivity index (χ4n) is 2.05. The Kier molecular flexibility index (Phi) is 3.66. The maximum Gasteiger partial charge on any atom is 0.181 e. The summed E-state index contributed by atoms with van der Waals surface area (Å²) >= 11 is 0. The lowest BCUT2D eigenvalue weighted by Gasteiger charge is -2.14. The molecule has 0 unspecified atom stereocenters. The number of hydrogen-bond acceptors (Lipinski definition) is 3. The molecule has 0 spiro atoms. The van der Waals surface area contributed by atoms with Gasteiger partial charge in [0.25, 0.3) is 0 Å². The molecule has 0 radical (unpaired) electrons. The third-order valence-corrected chi connectivity index (χ3v) is 2.98. The monoisotopic (exact) mass is 226 g/mol. The van der Waals surface area contributed by atoms with Gasteiger partial charge in [0.1, 0.15) is 0 Å². The highest BCUT2D eigenvalue weighted by Crippen LogP contribution is 2.24. The Morgan fingerprint density at radius 2 is 2.29 bits per heavy atom. The van der Waals surface area contributed by atoms with Crippen LogP contribution in [0.15, 0.2) is 36.0 Å². The van der Waals surface area contributed by atoms with E-state index in [1.807, 2.05) is 6.08 Å². The molecule has 0 N–H and O–H groups in total. The van der Waals surface area contributed by atoms with Crippen molar-refractivity contribution in [2.75, 3.05) is 0 Å². The largest absolute Gasteiger partial charge is 0.293 e. The molecule has 1 aromatic rings. The van der Waals surface area contributed by atoms with Crippen molar-refractivity contribution in [2.24, 2.45) is 0 Å². The van der Waals surface area contributed by atoms with E-state index in [1.165, 1.54) is 0 Å². The number of pyridine rings is 1. The fourth-order valence-corrected chi connectivity index (χ4v) is 2.05. The van der Waals surface area contributed by atoms with E-state index < -0.39 is 5.92 Å². The molecule has 3 nitrogen and oxygen atoms in total. The van der Waals surface area contributed by atoms with Crippen LogP contribution in [0.1, 0.15) is 37.3 Å². The zero-order valence-corrected chi connectivity index (χ0v) is 9.60. The molecule has 0 saturated heterocycles. The van der Waals surface area contributed by atoms with Gasteiger partial charge in [-0.15, -0.1) is 0 Å². The zero-order chi connectivity index (χ0) is 12.1. The van der Waals surface area contributed by atoms with Gasteiger partial charge < -0.3 is 0 Å². The van der Waals surface area contributed by atoms with Crippen LogP contribution in [0.2, 0.25) is 0 Å². The summed E-state index contributed by atoms with van der Waals surface area (Å²) in [7, 11) is 0. The molecular weight excluding hydrogens is 212 g/mol. The number of nitrogens with zero attached hydrogens (tertiary/aromatic N) is 2. The van der Waals surface area contributed by atoms with Gasteiger partial charge >= 0.3 is 0 Å². The van der Waals surface area contributed by atoms with Crippen LogP contribution in [0.25, 0.3) is 0 Å². The number of aromatic nitrogens is 1. The number of rotatable bonds is 3. The van der Waals surface area contributed by atoms with Crippen LogP contribution >= 0.6 is 0 Å². The molecule has 0 bridgehead atoms. The summed E-state index contributed by atoms with van der Waals surface area (Å²) < 4.78 is 0. The Labute approximate surface area is 101 Å². The second-order valence-corrected chi connectivity index (χ2v) is 4.16. The van der Waals surface area contributed by atoms with Gasteiger partial charge in [-0.3, -0.25) is 9.78 Å². The molecule has 3 heteroatoms. The van der Waals surface area contributed by atoms with Gasteiger partial charge in [-0.05, 0) is 43.4 Å². The van der Waals surface area contributed by atoms with E-state index in [9.17, 15) is 4.79 Å². The molecule has 1 aliphatic rings. The maximum absolute atomic E-state index is 12.2. The third-order valence-electron chi connectivity index (χ3n) is 2.98. The van der Waals surface area contributed by atoms with Crippen LogP contribution in [0.4, 0.5) is 0 Å². The lowest BCUT2D eigenvalue weighted by atomic mass is 9.89. The fraction of sp³-hybridized carbons (Fsp3) is 0.357. The molecule has 0 amide bonds. The summed E-state index contributed by atoms with van der Waals surface area (Å²) in [5.41, 5.74) is 1.35. The van der Waals surface area contributed by atoms with Crippen molar-refractivity contribution in [3.05, 3.63) is 41.7 Å². The summed E-state index contributed by atoms with van der Waals surface area (Å²) in [5.74, 6) is -0.827. The highest BCUT2D eigenvalue weighted by Gasteiger charge is 2.24. The van der Waals surface area contributed by atoms with Crippen molar-refractivity contribution in [1.82, 2.24) is 4.98 Å². The van der Waals surface area contributed by atoms with E-state index in [0.29, 0.717) is 5.69 Å². The number of Topliss-reactive ketones (excluding diaryl/α,β-unsaturated/α-hetero) is 1. The van der Waals surface area contributed by atoms with Gasteiger partial charge in [0.15, 0.2) is 11.7 Å². The van der Waals surface area contributed by atoms with Gasteiger partial charge in [-0.1, -0.05) is 12.1 Å². The third kappa shape index (κ3) is 2.59. The summed E-state index contributed by atoms with van der Waals surface area (Å²) in [5, 5.41) is 9.14. The number of ketones is 1. The highest BCUT2D eigenvalue weighted by molar-refractivity contribution is 6.01. The number of nitriles is 1. The molecule has 1 aliphatic carbocycles. The summed E-state index contributed by atoms with van der Waals surface area (Å²) in [6.07, 6.45) is 7.50. The van der Waals surface area contributed by atoms with Crippen molar-refractivity contribution >= 4 is 5.78 Å². The topological polar surface area (TPSA) is 53.8 Å². The van der Waals surface area contributed by atoms with Crippen molar-refractivity contribution in [2.45, 2.75) is 31.6 Å². The Balaban J connectivity index is 2.23. The van der Waals surface area contributed by atoms with Crippen LogP contribution in [0.3, 0.4) is 0 Å². The van der Waals surface area contributed by atoms with Crippen LogP contribution in [-0.2, 0) is 4.79 Å². The molecule has 0 fully saturated rings. The standard InChI is InChI=1S/C14H14N2O/c15-10-12(13-8-4-5-9-16-13)14(17)11-6-2-1-3-7-11/h4-6,8-9,12H,1-3,7H2/t12-/m1/s1. The van der Waals surface area contributed by atoms with Crippen molar-refractivity contribution < 1.29 is 4.79 Å². The van der Waals surface area contributed by atoms with Gasteiger partial charge in [0.2, 0.25) is 0 Å². The summed E-state index contributed by atoms with van der Waals surface area (Å²) in [6.45, 7) is 0. The minimum atomic E-state index is -0.749. The van der Waals surface area contributed by atoms with Crippen LogP contribution in [0, 0.1) is 11.3 Å². The maximum atomic E-state index is 12.2. The second kappa shape index (κ2) is 5.40.